The Bertz CT molecular complexity index is 399. The summed E-state index contributed by atoms with van der Waals surface area (Å²) in [5.41, 5.74) is 1.28. The van der Waals surface area contributed by atoms with E-state index in [2.05, 4.69) is 22.1 Å². The molecular formula is C13H15NOS. The molecule has 2 nitrogen and oxygen atoms in total. The van der Waals surface area contributed by atoms with Gasteiger partial charge in [0.05, 0.1) is 6.04 Å². The molecule has 3 heteroatoms. The summed E-state index contributed by atoms with van der Waals surface area (Å²) in [6.07, 6.45) is 0. The van der Waals surface area contributed by atoms with Gasteiger partial charge in [-0.1, -0.05) is 18.2 Å². The largest absolute Gasteiger partial charge is 0.492 e. The van der Waals surface area contributed by atoms with Crippen LogP contribution in [0.15, 0.2) is 47.2 Å². The number of nitrogens with one attached hydrogen (secondary N) is 1. The highest BCUT2D eigenvalue weighted by Crippen LogP contribution is 2.18. The lowest BCUT2D eigenvalue weighted by Crippen LogP contribution is -2.22. The summed E-state index contributed by atoms with van der Waals surface area (Å²) in [5, 5.41) is 7.49. The lowest BCUT2D eigenvalue weighted by atomic mass is 10.2. The van der Waals surface area contributed by atoms with Crippen molar-refractivity contribution in [3.63, 3.8) is 0 Å². The van der Waals surface area contributed by atoms with Gasteiger partial charge < -0.3 is 10.1 Å². The van der Waals surface area contributed by atoms with Gasteiger partial charge in [-0.2, -0.15) is 11.3 Å². The van der Waals surface area contributed by atoms with Crippen LogP contribution in [0.5, 0.6) is 5.75 Å². The average molecular weight is 233 g/mol. The molecule has 0 radical (unpaired) electrons. The molecule has 0 bridgehead atoms. The zero-order valence-corrected chi connectivity index (χ0v) is 10.0. The fraction of sp³-hybridized carbons (Fsp3) is 0.231. The van der Waals surface area contributed by atoms with Crippen molar-refractivity contribution in [3.8, 4) is 5.75 Å². The Morgan fingerprint density at radius 1 is 1.25 bits per heavy atom. The Morgan fingerprint density at radius 3 is 2.69 bits per heavy atom. The normalized spacial score (nSPS) is 12.3. The monoisotopic (exact) mass is 233 g/mol. The van der Waals surface area contributed by atoms with Crippen LogP contribution < -0.4 is 10.1 Å². The molecular weight excluding hydrogens is 218 g/mol. The maximum absolute atomic E-state index is 5.72. The maximum Gasteiger partial charge on any atom is 0.119 e. The van der Waals surface area contributed by atoms with Crippen molar-refractivity contribution >= 4 is 11.3 Å². The van der Waals surface area contributed by atoms with Crippen LogP contribution in [0.4, 0.5) is 0 Å². The van der Waals surface area contributed by atoms with Crippen molar-refractivity contribution in [2.45, 2.75) is 6.04 Å². The van der Waals surface area contributed by atoms with E-state index in [1.165, 1.54) is 5.56 Å². The van der Waals surface area contributed by atoms with Gasteiger partial charge in [-0.25, -0.2) is 0 Å². The number of benzene rings is 1. The van der Waals surface area contributed by atoms with Gasteiger partial charge in [0.15, 0.2) is 0 Å². The van der Waals surface area contributed by atoms with Crippen LogP contribution in [0.3, 0.4) is 0 Å². The SMILES string of the molecule is CNC(COc1ccccc1)c1ccsc1. The van der Waals surface area contributed by atoms with Crippen molar-refractivity contribution in [1.29, 1.82) is 0 Å². The van der Waals surface area contributed by atoms with E-state index in [0.29, 0.717) is 6.61 Å². The first kappa shape index (κ1) is 11.2. The maximum atomic E-state index is 5.72. The summed E-state index contributed by atoms with van der Waals surface area (Å²) in [5.74, 6) is 0.915. The highest BCUT2D eigenvalue weighted by molar-refractivity contribution is 7.07. The van der Waals surface area contributed by atoms with Gasteiger partial charge in [0.25, 0.3) is 0 Å². The van der Waals surface area contributed by atoms with Crippen LogP contribution in [0.2, 0.25) is 0 Å². The lowest BCUT2D eigenvalue weighted by Gasteiger charge is -2.15. The molecule has 0 aliphatic heterocycles. The van der Waals surface area contributed by atoms with Crippen LogP contribution in [-0.4, -0.2) is 13.7 Å². The van der Waals surface area contributed by atoms with E-state index < -0.39 is 0 Å². The highest BCUT2D eigenvalue weighted by atomic mass is 32.1. The minimum atomic E-state index is 0.256. The van der Waals surface area contributed by atoms with Crippen molar-refractivity contribution in [1.82, 2.24) is 5.32 Å². The molecule has 1 N–H and O–H groups in total. The Morgan fingerprint density at radius 2 is 2.06 bits per heavy atom. The van der Waals surface area contributed by atoms with E-state index >= 15 is 0 Å². The molecule has 0 aliphatic carbocycles. The first-order valence-corrected chi connectivity index (χ1v) is 6.21. The van der Waals surface area contributed by atoms with E-state index in [0.717, 1.165) is 5.75 Å². The second kappa shape index (κ2) is 5.68. The quantitative estimate of drug-likeness (QED) is 0.857. The molecule has 0 fully saturated rings. The number of ether oxygens (including phenoxy) is 1. The first-order chi connectivity index (χ1) is 7.90. The van der Waals surface area contributed by atoms with Crippen molar-refractivity contribution in [2.75, 3.05) is 13.7 Å². The molecule has 16 heavy (non-hydrogen) atoms. The summed E-state index contributed by atoms with van der Waals surface area (Å²) < 4.78 is 5.72. The van der Waals surface area contributed by atoms with E-state index in [4.69, 9.17) is 4.74 Å². The molecule has 84 valence electrons. The molecule has 2 rings (SSSR count). The number of hydrogen-bond acceptors (Lipinski definition) is 3. The molecule has 0 saturated heterocycles. The summed E-state index contributed by atoms with van der Waals surface area (Å²) in [7, 11) is 1.96. The summed E-state index contributed by atoms with van der Waals surface area (Å²) >= 11 is 1.71. The van der Waals surface area contributed by atoms with E-state index in [1.807, 2.05) is 37.4 Å². The zero-order valence-electron chi connectivity index (χ0n) is 9.22. The topological polar surface area (TPSA) is 21.3 Å². The number of likely N-dealkylation sites (N-methyl/N-ethyl adjacent to an activating group) is 1. The fourth-order valence-corrected chi connectivity index (χ4v) is 2.23. The molecule has 1 heterocycles. The molecule has 2 aromatic rings. The predicted molar refractivity (Wildman–Crippen MR) is 68.1 cm³/mol. The Kier molecular flexibility index (Phi) is 3.97. The first-order valence-electron chi connectivity index (χ1n) is 5.27. The van der Waals surface area contributed by atoms with Crippen molar-refractivity contribution in [3.05, 3.63) is 52.7 Å². The molecule has 0 spiro atoms. The van der Waals surface area contributed by atoms with Crippen LogP contribution in [0.1, 0.15) is 11.6 Å². The third-order valence-electron chi connectivity index (χ3n) is 2.45. The summed E-state index contributed by atoms with van der Waals surface area (Å²) in [6.45, 7) is 0.650. The third kappa shape index (κ3) is 2.84. The highest BCUT2D eigenvalue weighted by Gasteiger charge is 2.09. The van der Waals surface area contributed by atoms with Crippen molar-refractivity contribution < 1.29 is 4.74 Å². The van der Waals surface area contributed by atoms with Crippen molar-refractivity contribution in [2.24, 2.45) is 0 Å². The Labute approximate surface area is 99.9 Å². The van der Waals surface area contributed by atoms with Crippen LogP contribution in [0.25, 0.3) is 0 Å². The zero-order chi connectivity index (χ0) is 11.2. The van der Waals surface area contributed by atoms with Gasteiger partial charge in [0.2, 0.25) is 0 Å². The molecule has 0 amide bonds. The molecule has 0 aliphatic rings. The van der Waals surface area contributed by atoms with Crippen LogP contribution >= 0.6 is 11.3 Å². The third-order valence-corrected chi connectivity index (χ3v) is 3.16. The molecule has 1 unspecified atom stereocenters. The van der Waals surface area contributed by atoms with E-state index in [-0.39, 0.29) is 6.04 Å². The van der Waals surface area contributed by atoms with Gasteiger partial charge in [-0.3, -0.25) is 0 Å². The van der Waals surface area contributed by atoms with Gasteiger partial charge in [-0.15, -0.1) is 0 Å². The predicted octanol–water partition coefficient (Wildman–Crippen LogP) is 3.09. The van der Waals surface area contributed by atoms with Gasteiger partial charge in [-0.05, 0) is 41.6 Å². The summed E-state index contributed by atoms with van der Waals surface area (Å²) in [6, 6.07) is 12.3. The van der Waals surface area contributed by atoms with Crippen LogP contribution in [0, 0.1) is 0 Å². The minimum absolute atomic E-state index is 0.256. The van der Waals surface area contributed by atoms with Gasteiger partial charge in [0.1, 0.15) is 12.4 Å². The number of para-hydroxylation sites is 1. The van der Waals surface area contributed by atoms with E-state index in [9.17, 15) is 0 Å². The second-order valence-electron chi connectivity index (χ2n) is 3.52. The second-order valence-corrected chi connectivity index (χ2v) is 4.30. The van der Waals surface area contributed by atoms with Gasteiger partial charge >= 0.3 is 0 Å². The smallest absolute Gasteiger partial charge is 0.119 e. The van der Waals surface area contributed by atoms with Gasteiger partial charge in [0, 0.05) is 0 Å². The minimum Gasteiger partial charge on any atom is -0.492 e. The fourth-order valence-electron chi connectivity index (χ4n) is 1.52. The molecule has 1 aromatic carbocycles. The lowest BCUT2D eigenvalue weighted by molar-refractivity contribution is 0.273. The van der Waals surface area contributed by atoms with Crippen LogP contribution in [-0.2, 0) is 0 Å². The average Bonchev–Trinajstić information content (AvgIpc) is 2.85. The number of rotatable bonds is 5. The molecule has 1 aromatic heterocycles. The standard InChI is InChI=1S/C13H15NOS/c1-14-13(11-7-8-16-10-11)9-15-12-5-3-2-4-6-12/h2-8,10,13-14H,9H2,1H3. The number of thiophene rings is 1. The Hall–Kier alpha value is -1.32. The Balaban J connectivity index is 1.94. The molecule has 0 saturated carbocycles. The summed E-state index contributed by atoms with van der Waals surface area (Å²) in [4.78, 5) is 0. The van der Waals surface area contributed by atoms with E-state index in [1.54, 1.807) is 11.3 Å². The molecule has 1 atom stereocenters. The number of hydrogen-bond donors (Lipinski definition) is 1.